The molecule has 0 aliphatic rings. The van der Waals surface area contributed by atoms with E-state index in [1.807, 2.05) is 20.8 Å². The summed E-state index contributed by atoms with van der Waals surface area (Å²) in [6.45, 7) is 9.67. The van der Waals surface area contributed by atoms with E-state index in [0.29, 0.717) is 29.1 Å². The Hall–Kier alpha value is -2.39. The number of thiazole rings is 1. The van der Waals surface area contributed by atoms with E-state index in [0.717, 1.165) is 5.01 Å². The molecule has 0 amide bonds. The maximum absolute atomic E-state index is 15.9. The Kier molecular flexibility index (Phi) is 7.00. The van der Waals surface area contributed by atoms with Crippen LogP contribution < -0.4 is 5.73 Å². The summed E-state index contributed by atoms with van der Waals surface area (Å²) in [6.07, 6.45) is 2.33. The molecule has 0 radical (unpaired) electrons. The number of rotatable bonds is 7. The first kappa shape index (κ1) is 24.3. The summed E-state index contributed by atoms with van der Waals surface area (Å²) in [5, 5.41) is -0.0867. The van der Waals surface area contributed by atoms with Gasteiger partial charge in [-0.05, 0) is 25.0 Å². The Morgan fingerprint density at radius 1 is 1.16 bits per heavy atom. The number of nitrogens with zero attached hydrogens (tertiary/aromatic N) is 3. The van der Waals surface area contributed by atoms with Gasteiger partial charge in [-0.15, -0.1) is 11.3 Å². The predicted octanol–water partition coefficient (Wildman–Crippen LogP) is 5.56. The van der Waals surface area contributed by atoms with Gasteiger partial charge < -0.3 is 5.73 Å². The van der Waals surface area contributed by atoms with E-state index in [1.165, 1.54) is 11.3 Å². The maximum atomic E-state index is 15.9. The smallest absolute Gasteiger partial charge is 0.220 e. The molecule has 0 aliphatic carbocycles. The summed E-state index contributed by atoms with van der Waals surface area (Å²) in [5.41, 5.74) is 6.94. The lowest BCUT2D eigenvalue weighted by Crippen LogP contribution is -2.17. The van der Waals surface area contributed by atoms with Crippen molar-refractivity contribution in [2.24, 2.45) is 0 Å². The molecule has 3 aromatic rings. The molecule has 2 N–H and O–H groups in total. The summed E-state index contributed by atoms with van der Waals surface area (Å²) < 4.78 is 41.5. The van der Waals surface area contributed by atoms with Crippen LogP contribution in [0.4, 0.5) is 10.3 Å². The van der Waals surface area contributed by atoms with E-state index in [-0.39, 0.29) is 28.2 Å². The van der Waals surface area contributed by atoms with Gasteiger partial charge in [-0.1, -0.05) is 46.8 Å². The lowest BCUT2D eigenvalue weighted by Gasteiger charge is -2.18. The van der Waals surface area contributed by atoms with Crippen LogP contribution in [0.25, 0.3) is 21.8 Å². The first-order chi connectivity index (χ1) is 15.0. The van der Waals surface area contributed by atoms with Crippen LogP contribution >= 0.6 is 11.3 Å². The molecule has 0 saturated heterocycles. The van der Waals surface area contributed by atoms with Crippen LogP contribution in [0, 0.1) is 5.82 Å². The number of nitrogen functional groups attached to an aromatic ring is 1. The monoisotopic (exact) mass is 476 g/mol. The molecular formula is C23H29FN4O2S2. The third kappa shape index (κ3) is 4.83. The molecule has 1 unspecified atom stereocenters. The Morgan fingerprint density at radius 2 is 1.88 bits per heavy atom. The Balaban J connectivity index is 2.24. The molecule has 3 rings (SSSR count). The minimum absolute atomic E-state index is 0.0194. The van der Waals surface area contributed by atoms with Crippen LogP contribution in [0.2, 0.25) is 0 Å². The zero-order valence-electron chi connectivity index (χ0n) is 19.0. The van der Waals surface area contributed by atoms with Crippen LogP contribution in [0.5, 0.6) is 0 Å². The molecule has 1 atom stereocenters. The highest BCUT2D eigenvalue weighted by molar-refractivity contribution is 7.91. The normalized spacial score (nSPS) is 13.3. The fraction of sp³-hybridized carbons (Fsp3) is 0.435. The van der Waals surface area contributed by atoms with E-state index < -0.39 is 20.9 Å². The van der Waals surface area contributed by atoms with Crippen molar-refractivity contribution in [2.45, 2.75) is 58.1 Å². The van der Waals surface area contributed by atoms with Gasteiger partial charge in [-0.3, -0.25) is 0 Å². The van der Waals surface area contributed by atoms with Gasteiger partial charge in [0.25, 0.3) is 0 Å². The van der Waals surface area contributed by atoms with E-state index >= 15 is 4.39 Å². The molecule has 0 bridgehead atoms. The Morgan fingerprint density at radius 3 is 2.47 bits per heavy atom. The van der Waals surface area contributed by atoms with Crippen molar-refractivity contribution in [1.29, 1.82) is 0 Å². The van der Waals surface area contributed by atoms with Crippen molar-refractivity contribution in [3.05, 3.63) is 46.9 Å². The van der Waals surface area contributed by atoms with E-state index in [9.17, 15) is 8.42 Å². The number of nitrogens with two attached hydrogens (primary N) is 1. The number of hydrogen-bond donors (Lipinski definition) is 1. The first-order valence-corrected chi connectivity index (χ1v) is 13.1. The second kappa shape index (κ2) is 9.23. The molecule has 0 fully saturated rings. The van der Waals surface area contributed by atoms with E-state index in [1.54, 1.807) is 44.3 Å². The van der Waals surface area contributed by atoms with Crippen LogP contribution in [-0.2, 0) is 15.3 Å². The molecule has 0 saturated carbocycles. The number of aromatic nitrogens is 3. The average Bonchev–Trinajstić information content (AvgIpc) is 3.15. The SMILES string of the molecule is CCCS(=O)(=O)C(CC)c1cccc(-c2nc(C(C)(C)C)sc2-c2ccnc(N)n2)c1F. The molecule has 172 valence electrons. The van der Waals surface area contributed by atoms with Gasteiger partial charge in [0.2, 0.25) is 5.95 Å². The van der Waals surface area contributed by atoms with Gasteiger partial charge in [0.05, 0.1) is 32.3 Å². The topological polar surface area (TPSA) is 98.8 Å². The number of halogens is 1. The van der Waals surface area contributed by atoms with Gasteiger partial charge in [0, 0.05) is 22.7 Å². The number of anilines is 1. The molecule has 0 spiro atoms. The fourth-order valence-corrected chi connectivity index (χ4v) is 6.61. The summed E-state index contributed by atoms with van der Waals surface area (Å²) in [6, 6.07) is 6.58. The Bertz CT molecular complexity index is 1220. The molecule has 2 aromatic heterocycles. The summed E-state index contributed by atoms with van der Waals surface area (Å²) >= 11 is 1.42. The highest BCUT2D eigenvalue weighted by Gasteiger charge is 2.30. The standard InChI is InChI=1S/C23H29FN4O2S2/c1-6-13-32(29,30)17(7-2)14-9-8-10-15(18(14)24)19-20(16-11-12-26-22(25)27-16)31-21(28-19)23(3,4)5/h8-12,17H,6-7,13H2,1-5H3,(H2,25,26,27). The lowest BCUT2D eigenvalue weighted by molar-refractivity contribution is 0.563. The highest BCUT2D eigenvalue weighted by atomic mass is 32.2. The molecule has 0 aliphatic heterocycles. The van der Waals surface area contributed by atoms with Crippen LogP contribution in [-0.4, -0.2) is 29.1 Å². The van der Waals surface area contributed by atoms with Crippen molar-refractivity contribution >= 4 is 27.1 Å². The maximum Gasteiger partial charge on any atom is 0.220 e. The minimum atomic E-state index is -3.48. The zero-order valence-corrected chi connectivity index (χ0v) is 20.6. The minimum Gasteiger partial charge on any atom is -0.368 e. The molecular weight excluding hydrogens is 447 g/mol. The fourth-order valence-electron chi connectivity index (χ4n) is 3.57. The predicted molar refractivity (Wildman–Crippen MR) is 129 cm³/mol. The zero-order chi connectivity index (χ0) is 23.7. The lowest BCUT2D eigenvalue weighted by atomic mass is 9.98. The first-order valence-electron chi connectivity index (χ1n) is 10.6. The average molecular weight is 477 g/mol. The van der Waals surface area contributed by atoms with Crippen LogP contribution in [0.15, 0.2) is 30.5 Å². The molecule has 1 aromatic carbocycles. The number of sulfone groups is 1. The third-order valence-corrected chi connectivity index (χ3v) is 9.03. The molecule has 6 nitrogen and oxygen atoms in total. The van der Waals surface area contributed by atoms with Gasteiger partial charge >= 0.3 is 0 Å². The third-order valence-electron chi connectivity index (χ3n) is 5.10. The van der Waals surface area contributed by atoms with Gasteiger partial charge in [0.15, 0.2) is 9.84 Å². The van der Waals surface area contributed by atoms with E-state index in [2.05, 4.69) is 9.97 Å². The number of benzene rings is 1. The summed E-state index contributed by atoms with van der Waals surface area (Å²) in [4.78, 5) is 13.7. The van der Waals surface area contributed by atoms with Gasteiger partial charge in [-0.25, -0.2) is 27.8 Å². The second-order valence-electron chi connectivity index (χ2n) is 8.72. The molecule has 9 heteroatoms. The van der Waals surface area contributed by atoms with Crippen molar-refractivity contribution in [1.82, 2.24) is 15.0 Å². The second-order valence-corrected chi connectivity index (χ2v) is 12.0. The van der Waals surface area contributed by atoms with Crippen molar-refractivity contribution in [3.63, 3.8) is 0 Å². The Labute approximate surface area is 193 Å². The summed E-state index contributed by atoms with van der Waals surface area (Å²) in [7, 11) is -3.48. The summed E-state index contributed by atoms with van der Waals surface area (Å²) in [5.74, 6) is -0.427. The highest BCUT2D eigenvalue weighted by Crippen LogP contribution is 2.42. The van der Waals surface area contributed by atoms with Crippen molar-refractivity contribution in [2.75, 3.05) is 11.5 Å². The van der Waals surface area contributed by atoms with Crippen molar-refractivity contribution in [3.8, 4) is 21.8 Å². The van der Waals surface area contributed by atoms with Crippen LogP contribution in [0.1, 0.15) is 63.3 Å². The quantitative estimate of drug-likeness (QED) is 0.479. The van der Waals surface area contributed by atoms with Crippen LogP contribution in [0.3, 0.4) is 0 Å². The van der Waals surface area contributed by atoms with Gasteiger partial charge in [-0.2, -0.15) is 0 Å². The molecule has 32 heavy (non-hydrogen) atoms. The van der Waals surface area contributed by atoms with Gasteiger partial charge in [0.1, 0.15) is 5.82 Å². The largest absolute Gasteiger partial charge is 0.368 e. The van der Waals surface area contributed by atoms with E-state index in [4.69, 9.17) is 10.7 Å². The molecule has 2 heterocycles. The van der Waals surface area contributed by atoms with Crippen molar-refractivity contribution < 1.29 is 12.8 Å². The number of hydrogen-bond acceptors (Lipinski definition) is 7.